The Morgan fingerprint density at radius 1 is 0.973 bits per heavy atom. The molecule has 3 aromatic rings. The lowest BCUT2D eigenvalue weighted by atomic mass is 9.92. The standard InChI is InChI=1S/C29H26F3NO4/c1-4-14-37-23-13-12-19(15-18(23)3)26(34)24-25(22-11-6-5-8-17(22)2)33(28(36)27(24)35)21-10-7-9-20(16-21)29(30,31)32/h5-13,15-16,25,34H,4,14H2,1-3H3/b26-24+. The second-order valence-corrected chi connectivity index (χ2v) is 8.90. The lowest BCUT2D eigenvalue weighted by Gasteiger charge is -2.27. The van der Waals surface area contributed by atoms with E-state index in [9.17, 15) is 27.9 Å². The highest BCUT2D eigenvalue weighted by atomic mass is 19.4. The second-order valence-electron chi connectivity index (χ2n) is 8.90. The second kappa shape index (κ2) is 10.1. The topological polar surface area (TPSA) is 66.8 Å². The third-order valence-electron chi connectivity index (χ3n) is 6.29. The fourth-order valence-electron chi connectivity index (χ4n) is 4.44. The third-order valence-corrected chi connectivity index (χ3v) is 6.29. The molecule has 5 nitrogen and oxygen atoms in total. The summed E-state index contributed by atoms with van der Waals surface area (Å²) in [6.07, 6.45) is -3.82. The Bertz CT molecular complexity index is 1390. The number of ether oxygens (including phenoxy) is 1. The molecule has 8 heteroatoms. The molecular formula is C29H26F3NO4. The summed E-state index contributed by atoms with van der Waals surface area (Å²) >= 11 is 0. The van der Waals surface area contributed by atoms with E-state index in [2.05, 4.69) is 0 Å². The van der Waals surface area contributed by atoms with Gasteiger partial charge in [0.2, 0.25) is 0 Å². The number of carbonyl (C=O) groups is 2. The van der Waals surface area contributed by atoms with Crippen LogP contribution >= 0.6 is 0 Å². The Labute approximate surface area is 212 Å². The molecule has 192 valence electrons. The first-order valence-corrected chi connectivity index (χ1v) is 11.8. The van der Waals surface area contributed by atoms with Crippen molar-refractivity contribution in [1.82, 2.24) is 0 Å². The summed E-state index contributed by atoms with van der Waals surface area (Å²) in [5.74, 6) is -1.79. The Morgan fingerprint density at radius 2 is 1.70 bits per heavy atom. The van der Waals surface area contributed by atoms with Crippen LogP contribution in [0.15, 0.2) is 72.3 Å². The quantitative estimate of drug-likeness (QED) is 0.227. The number of Topliss-reactive ketones (excluding diaryl/α,β-unsaturated/α-hetero) is 1. The molecule has 1 amide bonds. The van der Waals surface area contributed by atoms with Crippen LogP contribution in [0.5, 0.6) is 5.75 Å². The van der Waals surface area contributed by atoms with E-state index in [1.54, 1.807) is 56.3 Å². The number of aliphatic hydroxyl groups excluding tert-OH is 1. The van der Waals surface area contributed by atoms with Gasteiger partial charge in [0.05, 0.1) is 23.8 Å². The third kappa shape index (κ3) is 4.96. The van der Waals surface area contributed by atoms with E-state index >= 15 is 0 Å². The molecule has 1 atom stereocenters. The van der Waals surface area contributed by atoms with Crippen LogP contribution < -0.4 is 9.64 Å². The highest BCUT2D eigenvalue weighted by Crippen LogP contribution is 2.44. The first-order valence-electron chi connectivity index (χ1n) is 11.8. The van der Waals surface area contributed by atoms with Gasteiger partial charge in [0.15, 0.2) is 0 Å². The minimum Gasteiger partial charge on any atom is -0.507 e. The van der Waals surface area contributed by atoms with Gasteiger partial charge in [-0.3, -0.25) is 14.5 Å². The minimum absolute atomic E-state index is 0.0938. The number of alkyl halides is 3. The van der Waals surface area contributed by atoms with Gasteiger partial charge in [-0.25, -0.2) is 0 Å². The average molecular weight is 510 g/mol. The molecule has 0 spiro atoms. The van der Waals surface area contributed by atoms with Gasteiger partial charge in [0.1, 0.15) is 11.5 Å². The summed E-state index contributed by atoms with van der Waals surface area (Å²) in [6, 6.07) is 15.0. The number of anilines is 1. The van der Waals surface area contributed by atoms with Crippen molar-refractivity contribution in [3.8, 4) is 5.75 Å². The normalized spacial score (nSPS) is 17.4. The van der Waals surface area contributed by atoms with Gasteiger partial charge in [0.25, 0.3) is 11.7 Å². The monoisotopic (exact) mass is 509 g/mol. The maximum atomic E-state index is 13.5. The van der Waals surface area contributed by atoms with Gasteiger partial charge < -0.3 is 9.84 Å². The predicted molar refractivity (Wildman–Crippen MR) is 134 cm³/mol. The van der Waals surface area contributed by atoms with Crippen LogP contribution in [0.1, 0.15) is 47.2 Å². The summed E-state index contributed by atoms with van der Waals surface area (Å²) in [4.78, 5) is 27.6. The molecule has 0 radical (unpaired) electrons. The van der Waals surface area contributed by atoms with Crippen LogP contribution in [-0.2, 0) is 15.8 Å². The largest absolute Gasteiger partial charge is 0.507 e. The van der Waals surface area contributed by atoms with Crippen LogP contribution in [0.2, 0.25) is 0 Å². The molecule has 1 saturated heterocycles. The summed E-state index contributed by atoms with van der Waals surface area (Å²) in [5, 5.41) is 11.3. The molecule has 1 fully saturated rings. The Hall–Kier alpha value is -4.07. The fraction of sp³-hybridized carbons (Fsp3) is 0.241. The number of hydrogen-bond donors (Lipinski definition) is 1. The van der Waals surface area contributed by atoms with E-state index in [4.69, 9.17) is 4.74 Å². The summed E-state index contributed by atoms with van der Waals surface area (Å²) in [5.41, 5.74) is 0.992. The van der Waals surface area contributed by atoms with E-state index in [0.29, 0.717) is 29.0 Å². The Morgan fingerprint density at radius 3 is 2.35 bits per heavy atom. The molecule has 1 aliphatic rings. The van der Waals surface area contributed by atoms with Crippen LogP contribution in [-0.4, -0.2) is 23.4 Å². The van der Waals surface area contributed by atoms with E-state index in [1.165, 1.54) is 12.1 Å². The van der Waals surface area contributed by atoms with Crippen molar-refractivity contribution in [2.45, 2.75) is 39.4 Å². The first-order chi connectivity index (χ1) is 17.5. The number of carbonyl (C=O) groups excluding carboxylic acids is 2. The predicted octanol–water partition coefficient (Wildman–Crippen LogP) is 6.74. The van der Waals surface area contributed by atoms with E-state index in [1.807, 2.05) is 6.92 Å². The maximum Gasteiger partial charge on any atom is 0.416 e. The molecular weight excluding hydrogens is 483 g/mol. The number of benzene rings is 3. The number of ketones is 1. The van der Waals surface area contributed by atoms with Crippen LogP contribution in [0.4, 0.5) is 18.9 Å². The van der Waals surface area contributed by atoms with Gasteiger partial charge in [-0.2, -0.15) is 13.2 Å². The van der Waals surface area contributed by atoms with Crippen molar-refractivity contribution >= 4 is 23.1 Å². The summed E-state index contributed by atoms with van der Waals surface area (Å²) < 4.78 is 46.1. The lowest BCUT2D eigenvalue weighted by Crippen LogP contribution is -2.30. The van der Waals surface area contributed by atoms with Gasteiger partial charge in [-0.1, -0.05) is 37.3 Å². The van der Waals surface area contributed by atoms with E-state index in [0.717, 1.165) is 29.0 Å². The first kappa shape index (κ1) is 26.0. The van der Waals surface area contributed by atoms with Gasteiger partial charge in [-0.05, 0) is 73.4 Å². The highest BCUT2D eigenvalue weighted by molar-refractivity contribution is 6.51. The van der Waals surface area contributed by atoms with Crippen molar-refractivity contribution in [3.63, 3.8) is 0 Å². The van der Waals surface area contributed by atoms with Gasteiger partial charge in [0, 0.05) is 11.3 Å². The van der Waals surface area contributed by atoms with Crippen molar-refractivity contribution in [1.29, 1.82) is 0 Å². The van der Waals surface area contributed by atoms with Crippen molar-refractivity contribution in [2.75, 3.05) is 11.5 Å². The zero-order valence-electron chi connectivity index (χ0n) is 20.6. The molecule has 3 aromatic carbocycles. The molecule has 0 bridgehead atoms. The number of hydrogen-bond acceptors (Lipinski definition) is 4. The molecule has 1 heterocycles. The number of nitrogens with zero attached hydrogens (tertiary/aromatic N) is 1. The smallest absolute Gasteiger partial charge is 0.416 e. The molecule has 4 rings (SSSR count). The molecule has 0 saturated carbocycles. The van der Waals surface area contributed by atoms with E-state index < -0.39 is 35.2 Å². The highest BCUT2D eigenvalue weighted by Gasteiger charge is 2.47. The summed E-state index contributed by atoms with van der Waals surface area (Å²) in [7, 11) is 0. The van der Waals surface area contributed by atoms with Crippen molar-refractivity contribution in [2.24, 2.45) is 0 Å². The molecule has 1 N–H and O–H groups in total. The molecule has 1 unspecified atom stereocenters. The van der Waals surface area contributed by atoms with Gasteiger partial charge >= 0.3 is 6.18 Å². The zero-order valence-corrected chi connectivity index (χ0v) is 20.6. The maximum absolute atomic E-state index is 13.5. The van der Waals surface area contributed by atoms with Crippen molar-refractivity contribution in [3.05, 3.63) is 100 Å². The number of amides is 1. The van der Waals surface area contributed by atoms with Crippen LogP contribution in [0.25, 0.3) is 5.76 Å². The lowest BCUT2D eigenvalue weighted by molar-refractivity contribution is -0.137. The summed E-state index contributed by atoms with van der Waals surface area (Å²) in [6.45, 7) is 6.06. The van der Waals surface area contributed by atoms with Crippen LogP contribution in [0.3, 0.4) is 0 Å². The SMILES string of the molecule is CCCOc1ccc(/C(O)=C2\C(=O)C(=O)N(c3cccc(C(F)(F)F)c3)C2c2ccccc2C)cc1C. The fourth-order valence-corrected chi connectivity index (χ4v) is 4.44. The zero-order chi connectivity index (χ0) is 26.9. The number of aliphatic hydroxyl groups is 1. The minimum atomic E-state index is -4.64. The number of halogens is 3. The number of aryl methyl sites for hydroxylation is 2. The molecule has 1 aliphatic heterocycles. The molecule has 37 heavy (non-hydrogen) atoms. The average Bonchev–Trinajstić information content (AvgIpc) is 3.12. The molecule has 0 aliphatic carbocycles. The van der Waals surface area contributed by atoms with E-state index in [-0.39, 0.29) is 11.3 Å². The number of rotatable bonds is 6. The van der Waals surface area contributed by atoms with Gasteiger partial charge in [-0.15, -0.1) is 0 Å². The van der Waals surface area contributed by atoms with Crippen molar-refractivity contribution < 1.29 is 32.6 Å². The molecule has 0 aromatic heterocycles. The Balaban J connectivity index is 1.91. The van der Waals surface area contributed by atoms with Crippen LogP contribution in [0, 0.1) is 13.8 Å². The Kier molecular flexibility index (Phi) is 7.12.